The number of rotatable bonds is 5. The number of anilines is 1. The number of morpholine rings is 1. The van der Waals surface area contributed by atoms with Crippen LogP contribution < -0.4 is 11.1 Å². The third-order valence-corrected chi connectivity index (χ3v) is 3.56. The van der Waals surface area contributed by atoms with Gasteiger partial charge in [0.05, 0.1) is 13.2 Å². The molecule has 1 amide bonds. The van der Waals surface area contributed by atoms with Crippen LogP contribution in [-0.4, -0.2) is 49.7 Å². The van der Waals surface area contributed by atoms with E-state index in [1.807, 2.05) is 31.2 Å². The average molecular weight is 277 g/mol. The number of nitrogens with one attached hydrogen (secondary N) is 1. The molecule has 0 saturated carbocycles. The van der Waals surface area contributed by atoms with Crippen LogP contribution in [0.3, 0.4) is 0 Å². The van der Waals surface area contributed by atoms with Crippen molar-refractivity contribution < 1.29 is 9.53 Å². The van der Waals surface area contributed by atoms with Crippen molar-refractivity contribution >= 4 is 11.6 Å². The van der Waals surface area contributed by atoms with Crippen molar-refractivity contribution in [1.82, 2.24) is 10.2 Å². The van der Waals surface area contributed by atoms with Gasteiger partial charge in [-0.15, -0.1) is 0 Å². The molecule has 5 heteroatoms. The van der Waals surface area contributed by atoms with Gasteiger partial charge in [-0.1, -0.05) is 12.1 Å². The van der Waals surface area contributed by atoms with Crippen LogP contribution in [0.4, 0.5) is 5.69 Å². The minimum atomic E-state index is -0.169. The molecule has 1 heterocycles. The molecule has 1 aliphatic rings. The summed E-state index contributed by atoms with van der Waals surface area (Å²) in [7, 11) is 0. The minimum absolute atomic E-state index is 0.0597. The van der Waals surface area contributed by atoms with Crippen LogP contribution in [0.2, 0.25) is 0 Å². The number of nitrogen functional groups attached to an aromatic ring is 1. The zero-order valence-electron chi connectivity index (χ0n) is 12.0. The van der Waals surface area contributed by atoms with Crippen LogP contribution in [-0.2, 0) is 16.0 Å². The fourth-order valence-electron chi connectivity index (χ4n) is 2.40. The number of carbonyl (C=O) groups is 1. The van der Waals surface area contributed by atoms with Crippen LogP contribution in [0.25, 0.3) is 0 Å². The van der Waals surface area contributed by atoms with Gasteiger partial charge in [0.1, 0.15) is 6.04 Å². The lowest BCUT2D eigenvalue weighted by molar-refractivity contribution is -0.132. The van der Waals surface area contributed by atoms with Crippen molar-refractivity contribution in [3.8, 4) is 0 Å². The lowest BCUT2D eigenvalue weighted by atomic mass is 10.1. The summed E-state index contributed by atoms with van der Waals surface area (Å²) in [4.78, 5) is 14.2. The smallest absolute Gasteiger partial charge is 0.239 e. The van der Waals surface area contributed by atoms with Crippen LogP contribution in [0.15, 0.2) is 24.3 Å². The van der Waals surface area contributed by atoms with Crippen molar-refractivity contribution in [2.24, 2.45) is 0 Å². The third-order valence-electron chi connectivity index (χ3n) is 3.56. The van der Waals surface area contributed by atoms with Crippen molar-refractivity contribution in [2.75, 3.05) is 38.6 Å². The highest BCUT2D eigenvalue weighted by molar-refractivity contribution is 5.81. The van der Waals surface area contributed by atoms with Gasteiger partial charge in [0.25, 0.3) is 0 Å². The van der Waals surface area contributed by atoms with Crippen LogP contribution in [0.1, 0.15) is 12.5 Å². The molecule has 0 aliphatic carbocycles. The van der Waals surface area contributed by atoms with Gasteiger partial charge in [0, 0.05) is 25.3 Å². The van der Waals surface area contributed by atoms with Crippen molar-refractivity contribution in [2.45, 2.75) is 19.4 Å². The Bertz CT molecular complexity index is 433. The van der Waals surface area contributed by atoms with E-state index < -0.39 is 0 Å². The first-order valence-corrected chi connectivity index (χ1v) is 7.14. The van der Waals surface area contributed by atoms with Crippen LogP contribution in [0.5, 0.6) is 0 Å². The number of likely N-dealkylation sites (N-methyl/N-ethyl adjacent to an activating group) is 1. The highest BCUT2D eigenvalue weighted by Crippen LogP contribution is 2.11. The fourth-order valence-corrected chi connectivity index (χ4v) is 2.40. The first kappa shape index (κ1) is 14.8. The average Bonchev–Trinajstić information content (AvgIpc) is 2.47. The maximum Gasteiger partial charge on any atom is 0.239 e. The molecule has 0 aromatic heterocycles. The Kier molecular flexibility index (Phi) is 5.38. The monoisotopic (exact) mass is 277 g/mol. The molecule has 0 spiro atoms. The Hall–Kier alpha value is -1.59. The number of hydrogen-bond donors (Lipinski definition) is 2. The molecule has 1 aromatic rings. The van der Waals surface area contributed by atoms with E-state index in [2.05, 4.69) is 10.2 Å². The molecule has 1 aliphatic heterocycles. The summed E-state index contributed by atoms with van der Waals surface area (Å²) in [6.07, 6.45) is 0.913. The van der Waals surface area contributed by atoms with E-state index in [0.29, 0.717) is 19.8 Å². The topological polar surface area (TPSA) is 67.6 Å². The van der Waals surface area contributed by atoms with E-state index in [1.165, 1.54) is 5.56 Å². The first-order chi connectivity index (χ1) is 9.70. The second-order valence-electron chi connectivity index (χ2n) is 5.01. The van der Waals surface area contributed by atoms with Gasteiger partial charge in [-0.2, -0.15) is 0 Å². The summed E-state index contributed by atoms with van der Waals surface area (Å²) in [5, 5.41) is 2.87. The van der Waals surface area contributed by atoms with Gasteiger partial charge in [-0.25, -0.2) is 0 Å². The molecule has 110 valence electrons. The van der Waals surface area contributed by atoms with Gasteiger partial charge in [0.2, 0.25) is 5.91 Å². The second-order valence-corrected chi connectivity index (χ2v) is 5.01. The third kappa shape index (κ3) is 3.95. The number of ether oxygens (including phenoxy) is 1. The van der Waals surface area contributed by atoms with Gasteiger partial charge in [-0.3, -0.25) is 9.69 Å². The second kappa shape index (κ2) is 7.26. The van der Waals surface area contributed by atoms with E-state index in [-0.39, 0.29) is 11.9 Å². The Morgan fingerprint density at radius 1 is 1.45 bits per heavy atom. The van der Waals surface area contributed by atoms with Gasteiger partial charge in [0.15, 0.2) is 0 Å². The van der Waals surface area contributed by atoms with Crippen LogP contribution in [0, 0.1) is 0 Å². The molecular weight excluding hydrogens is 254 g/mol. The number of amides is 1. The zero-order chi connectivity index (χ0) is 14.4. The van der Waals surface area contributed by atoms with Gasteiger partial charge < -0.3 is 15.8 Å². The molecule has 5 nitrogen and oxygen atoms in total. The molecule has 1 atom stereocenters. The fraction of sp³-hybridized carbons (Fsp3) is 0.533. The molecular formula is C15H23N3O2. The summed E-state index contributed by atoms with van der Waals surface area (Å²) >= 11 is 0. The van der Waals surface area contributed by atoms with E-state index in [0.717, 1.165) is 25.2 Å². The van der Waals surface area contributed by atoms with Crippen molar-refractivity contribution in [3.63, 3.8) is 0 Å². The van der Waals surface area contributed by atoms with E-state index >= 15 is 0 Å². The number of nitrogens with zero attached hydrogens (tertiary/aromatic N) is 1. The predicted octanol–water partition coefficient (Wildman–Crippen LogP) is 0.648. The highest BCUT2D eigenvalue weighted by Gasteiger charge is 2.28. The number of benzene rings is 1. The number of hydrogen-bond acceptors (Lipinski definition) is 4. The largest absolute Gasteiger partial charge is 0.399 e. The normalized spacial score (nSPS) is 19.8. The molecule has 2 rings (SSSR count). The van der Waals surface area contributed by atoms with E-state index in [9.17, 15) is 4.79 Å². The Morgan fingerprint density at radius 2 is 2.20 bits per heavy atom. The molecule has 3 N–H and O–H groups in total. The van der Waals surface area contributed by atoms with Gasteiger partial charge >= 0.3 is 0 Å². The maximum atomic E-state index is 12.0. The lowest BCUT2D eigenvalue weighted by Crippen LogP contribution is -2.54. The summed E-state index contributed by atoms with van der Waals surface area (Å²) in [5.74, 6) is 0.0597. The molecule has 1 unspecified atom stereocenters. The van der Waals surface area contributed by atoms with Crippen molar-refractivity contribution in [3.05, 3.63) is 29.8 Å². The first-order valence-electron chi connectivity index (χ1n) is 7.14. The quantitative estimate of drug-likeness (QED) is 0.775. The van der Waals surface area contributed by atoms with Crippen LogP contribution >= 0.6 is 0 Å². The summed E-state index contributed by atoms with van der Waals surface area (Å²) in [6, 6.07) is 7.73. The Balaban J connectivity index is 1.91. The minimum Gasteiger partial charge on any atom is -0.399 e. The molecule has 0 bridgehead atoms. The molecule has 0 radical (unpaired) electrons. The number of carbonyl (C=O) groups excluding carboxylic acids is 1. The SMILES string of the molecule is CCNC(=O)C1COCCN1CCc1ccc(N)cc1. The van der Waals surface area contributed by atoms with E-state index in [1.54, 1.807) is 0 Å². The Morgan fingerprint density at radius 3 is 2.90 bits per heavy atom. The Labute approximate surface area is 120 Å². The molecule has 20 heavy (non-hydrogen) atoms. The number of nitrogens with two attached hydrogens (primary N) is 1. The standard InChI is InChI=1S/C15H23N3O2/c1-2-17-15(19)14-11-20-10-9-18(14)8-7-12-3-5-13(16)6-4-12/h3-6,14H,2,7-11,16H2,1H3,(H,17,19). The van der Waals surface area contributed by atoms with E-state index in [4.69, 9.17) is 10.5 Å². The lowest BCUT2D eigenvalue weighted by Gasteiger charge is -2.34. The predicted molar refractivity (Wildman–Crippen MR) is 79.4 cm³/mol. The summed E-state index contributed by atoms with van der Waals surface area (Å²) in [6.45, 7) is 5.42. The zero-order valence-corrected chi connectivity index (χ0v) is 12.0. The summed E-state index contributed by atoms with van der Waals surface area (Å²) < 4.78 is 5.43. The molecule has 1 fully saturated rings. The maximum absolute atomic E-state index is 12.0. The van der Waals surface area contributed by atoms with Gasteiger partial charge in [-0.05, 0) is 31.0 Å². The summed E-state index contributed by atoms with van der Waals surface area (Å²) in [5.41, 5.74) is 7.70. The molecule has 1 saturated heterocycles. The van der Waals surface area contributed by atoms with Crippen molar-refractivity contribution in [1.29, 1.82) is 0 Å². The molecule has 1 aromatic carbocycles. The highest BCUT2D eigenvalue weighted by atomic mass is 16.5.